The minimum absolute atomic E-state index is 0.0805. The second kappa shape index (κ2) is 13.3. The number of fused-ring (bicyclic) bond motifs is 2. The molecule has 0 radical (unpaired) electrons. The number of carbonyl (C=O) groups excluding carboxylic acids is 2. The van der Waals surface area contributed by atoms with E-state index in [0.717, 1.165) is 29.7 Å². The third-order valence-corrected chi connectivity index (χ3v) is 9.56. The summed E-state index contributed by atoms with van der Waals surface area (Å²) in [5, 5.41) is 17.2. The molecule has 42 heavy (non-hydrogen) atoms. The lowest BCUT2D eigenvalue weighted by Gasteiger charge is -2.46. The van der Waals surface area contributed by atoms with Gasteiger partial charge in [-0.15, -0.1) is 0 Å². The van der Waals surface area contributed by atoms with Crippen LogP contribution in [-0.4, -0.2) is 58.6 Å². The van der Waals surface area contributed by atoms with Crippen LogP contribution < -0.4 is 16.4 Å². The molecule has 2 aliphatic carbocycles. The number of benzene rings is 2. The van der Waals surface area contributed by atoms with Crippen LogP contribution in [0.2, 0.25) is 0 Å². The predicted molar refractivity (Wildman–Crippen MR) is 167 cm³/mol. The Balaban J connectivity index is 1.30. The summed E-state index contributed by atoms with van der Waals surface area (Å²) in [6, 6.07) is 17.1. The van der Waals surface area contributed by atoms with Crippen LogP contribution in [0.1, 0.15) is 82.0 Å². The summed E-state index contributed by atoms with van der Waals surface area (Å²) in [6.45, 7) is 7.55. The SMILES string of the molecule is CC(C)(C)NC(=O)[C@@H]1C[C@@H]2CCCC[C@@H]2CN1C[C@@H](N)C[C@H](Cc1ccccc1)C(=O)N[C@H]1c2ccccc2C[C@H]1O. The molecule has 2 aromatic carbocycles. The van der Waals surface area contributed by atoms with E-state index in [1.165, 1.54) is 25.7 Å². The Kier molecular flexibility index (Phi) is 9.70. The Morgan fingerprint density at radius 2 is 1.71 bits per heavy atom. The quantitative estimate of drug-likeness (QED) is 0.360. The Morgan fingerprint density at radius 3 is 2.45 bits per heavy atom. The third-order valence-electron chi connectivity index (χ3n) is 9.56. The highest BCUT2D eigenvalue weighted by atomic mass is 16.3. The number of hydrogen-bond donors (Lipinski definition) is 4. The molecule has 1 aliphatic heterocycles. The molecular weight excluding hydrogens is 524 g/mol. The first-order chi connectivity index (χ1) is 20.1. The lowest BCUT2D eigenvalue weighted by molar-refractivity contribution is -0.132. The molecule has 0 bridgehead atoms. The normalized spacial score (nSPS) is 27.4. The van der Waals surface area contributed by atoms with Crippen molar-refractivity contribution >= 4 is 11.8 Å². The van der Waals surface area contributed by atoms with Gasteiger partial charge in [-0.05, 0) is 75.0 Å². The zero-order valence-corrected chi connectivity index (χ0v) is 25.6. The molecule has 1 saturated carbocycles. The maximum Gasteiger partial charge on any atom is 0.237 e. The molecule has 3 aliphatic rings. The van der Waals surface area contributed by atoms with E-state index >= 15 is 0 Å². The lowest BCUT2D eigenvalue weighted by atomic mass is 9.72. The van der Waals surface area contributed by atoms with Crippen molar-refractivity contribution in [1.29, 1.82) is 0 Å². The average Bonchev–Trinajstić information content (AvgIpc) is 3.26. The van der Waals surface area contributed by atoms with E-state index in [9.17, 15) is 14.7 Å². The summed E-state index contributed by atoms with van der Waals surface area (Å²) in [4.78, 5) is 29.7. The molecule has 1 heterocycles. The summed E-state index contributed by atoms with van der Waals surface area (Å²) in [5.74, 6) is 0.863. The van der Waals surface area contributed by atoms with Crippen LogP contribution in [0.3, 0.4) is 0 Å². The van der Waals surface area contributed by atoms with Gasteiger partial charge >= 0.3 is 0 Å². The van der Waals surface area contributed by atoms with Gasteiger partial charge in [0.15, 0.2) is 0 Å². The molecular formula is C35H50N4O3. The number of amides is 2. The molecule has 5 rings (SSSR count). The van der Waals surface area contributed by atoms with Crippen molar-refractivity contribution in [2.45, 2.75) is 102 Å². The van der Waals surface area contributed by atoms with Gasteiger partial charge in [-0.3, -0.25) is 14.5 Å². The van der Waals surface area contributed by atoms with Crippen LogP contribution in [-0.2, 0) is 22.4 Å². The van der Waals surface area contributed by atoms with Crippen molar-refractivity contribution in [1.82, 2.24) is 15.5 Å². The molecule has 0 aromatic heterocycles. The van der Waals surface area contributed by atoms with Crippen molar-refractivity contribution in [2.24, 2.45) is 23.5 Å². The molecule has 2 amide bonds. The number of hydrogen-bond acceptors (Lipinski definition) is 5. The fraction of sp³-hybridized carbons (Fsp3) is 0.600. The molecule has 7 nitrogen and oxygen atoms in total. The van der Waals surface area contributed by atoms with E-state index in [0.29, 0.717) is 37.6 Å². The van der Waals surface area contributed by atoms with Crippen molar-refractivity contribution in [3.8, 4) is 0 Å². The lowest BCUT2D eigenvalue weighted by Crippen LogP contribution is -2.59. The van der Waals surface area contributed by atoms with Crippen LogP contribution in [0.4, 0.5) is 0 Å². The Morgan fingerprint density at radius 1 is 1.02 bits per heavy atom. The maximum atomic E-state index is 13.8. The standard InChI is InChI=1S/C35H50N4O3/c1-35(2,3)38-34(42)30-19-24-13-7-8-15-26(24)21-39(30)22-28(36)18-27(17-23-11-5-4-6-12-23)33(41)37-32-29-16-10-9-14-25(29)20-31(32)40/h4-6,9-12,14,16,24,26-28,30-32,40H,7-8,13,15,17-22,36H2,1-3H3,(H,37,41)(H,38,42)/t24-,26+,27-,28-,30-,31+,32-/m0/s1. The van der Waals surface area contributed by atoms with Crippen LogP contribution in [0.5, 0.6) is 0 Å². The van der Waals surface area contributed by atoms with Gasteiger partial charge in [0.1, 0.15) is 0 Å². The number of nitrogens with one attached hydrogen (secondary N) is 2. The molecule has 0 unspecified atom stereocenters. The largest absolute Gasteiger partial charge is 0.390 e. The minimum Gasteiger partial charge on any atom is -0.390 e. The molecule has 2 aromatic rings. The van der Waals surface area contributed by atoms with Gasteiger partial charge in [0, 0.05) is 37.0 Å². The van der Waals surface area contributed by atoms with Gasteiger partial charge in [0.25, 0.3) is 0 Å². The summed E-state index contributed by atoms with van der Waals surface area (Å²) in [6.07, 6.45) is 6.79. The average molecular weight is 575 g/mol. The smallest absolute Gasteiger partial charge is 0.237 e. The zero-order chi connectivity index (χ0) is 29.9. The minimum atomic E-state index is -0.642. The molecule has 7 heteroatoms. The van der Waals surface area contributed by atoms with Crippen molar-refractivity contribution in [3.05, 3.63) is 71.3 Å². The summed E-state index contributed by atoms with van der Waals surface area (Å²) in [7, 11) is 0. The van der Waals surface area contributed by atoms with E-state index in [1.807, 2.05) is 75.4 Å². The van der Waals surface area contributed by atoms with Gasteiger partial charge < -0.3 is 21.5 Å². The van der Waals surface area contributed by atoms with Gasteiger partial charge in [0.2, 0.25) is 11.8 Å². The Labute approximate surface area is 251 Å². The van der Waals surface area contributed by atoms with Gasteiger partial charge in [-0.25, -0.2) is 0 Å². The Bertz CT molecular complexity index is 1210. The van der Waals surface area contributed by atoms with Gasteiger partial charge in [-0.2, -0.15) is 0 Å². The zero-order valence-electron chi connectivity index (χ0n) is 25.6. The Hall–Kier alpha value is -2.74. The highest BCUT2D eigenvalue weighted by Gasteiger charge is 2.41. The van der Waals surface area contributed by atoms with Crippen LogP contribution >= 0.6 is 0 Å². The van der Waals surface area contributed by atoms with Crippen LogP contribution in [0, 0.1) is 17.8 Å². The number of carbonyl (C=O) groups is 2. The molecule has 1 saturated heterocycles. The summed E-state index contributed by atoms with van der Waals surface area (Å²) in [5.41, 5.74) is 9.73. The van der Waals surface area contributed by atoms with E-state index in [4.69, 9.17) is 5.73 Å². The third kappa shape index (κ3) is 7.61. The number of aliphatic hydroxyl groups excluding tert-OH is 1. The first-order valence-electron chi connectivity index (χ1n) is 16.0. The fourth-order valence-corrected chi connectivity index (χ4v) is 7.57. The second-order valence-corrected chi connectivity index (χ2v) is 14.1. The summed E-state index contributed by atoms with van der Waals surface area (Å²) >= 11 is 0. The molecule has 228 valence electrons. The first kappa shape index (κ1) is 30.7. The number of nitrogens with two attached hydrogens (primary N) is 1. The highest BCUT2D eigenvalue weighted by molar-refractivity contribution is 5.82. The van der Waals surface area contributed by atoms with E-state index in [1.54, 1.807) is 0 Å². The number of rotatable bonds is 9. The van der Waals surface area contributed by atoms with Gasteiger partial charge in [-0.1, -0.05) is 73.9 Å². The molecule has 7 atom stereocenters. The van der Waals surface area contributed by atoms with Crippen LogP contribution in [0.25, 0.3) is 0 Å². The molecule has 2 fully saturated rings. The second-order valence-electron chi connectivity index (χ2n) is 14.1. The van der Waals surface area contributed by atoms with E-state index in [-0.39, 0.29) is 35.4 Å². The molecule has 0 spiro atoms. The number of piperidine rings is 1. The van der Waals surface area contributed by atoms with Gasteiger partial charge in [0.05, 0.1) is 18.2 Å². The topological polar surface area (TPSA) is 108 Å². The van der Waals surface area contributed by atoms with Crippen molar-refractivity contribution < 1.29 is 14.7 Å². The fourth-order valence-electron chi connectivity index (χ4n) is 7.57. The number of nitrogens with zero attached hydrogens (tertiary/aromatic N) is 1. The van der Waals surface area contributed by atoms with E-state index < -0.39 is 12.1 Å². The first-order valence-corrected chi connectivity index (χ1v) is 16.0. The van der Waals surface area contributed by atoms with E-state index in [2.05, 4.69) is 15.5 Å². The number of likely N-dealkylation sites (tertiary alicyclic amines) is 1. The monoisotopic (exact) mass is 574 g/mol. The molecule has 5 N–H and O–H groups in total. The predicted octanol–water partition coefficient (Wildman–Crippen LogP) is 4.13. The highest BCUT2D eigenvalue weighted by Crippen LogP contribution is 2.39. The van der Waals surface area contributed by atoms with Crippen LogP contribution in [0.15, 0.2) is 54.6 Å². The number of aliphatic hydroxyl groups is 1. The summed E-state index contributed by atoms with van der Waals surface area (Å²) < 4.78 is 0. The van der Waals surface area contributed by atoms with Crippen molar-refractivity contribution in [3.63, 3.8) is 0 Å². The maximum absolute atomic E-state index is 13.8. The van der Waals surface area contributed by atoms with Crippen molar-refractivity contribution in [2.75, 3.05) is 13.1 Å².